The van der Waals surface area contributed by atoms with Crippen LogP contribution in [0.3, 0.4) is 0 Å². The minimum Gasteiger partial charge on any atom is -0.197 e. The number of nitrogens with zero attached hydrogens (tertiary/aromatic N) is 1. The lowest BCUT2D eigenvalue weighted by Crippen LogP contribution is -2.50. The molecule has 0 aliphatic carbocycles. The monoisotopic (exact) mass is 487 g/mol. The third-order valence-electron chi connectivity index (χ3n) is 4.23. The quantitative estimate of drug-likeness (QED) is 0.344. The zero-order valence-electron chi connectivity index (χ0n) is 14.2. The van der Waals surface area contributed by atoms with Gasteiger partial charge in [0.2, 0.25) is 6.20 Å². The van der Waals surface area contributed by atoms with Crippen LogP contribution >= 0.6 is 22.6 Å². The van der Waals surface area contributed by atoms with E-state index in [-0.39, 0.29) is 4.90 Å². The zero-order chi connectivity index (χ0) is 18.9. The molecule has 1 N–H and O–H groups in total. The molecule has 1 aromatic heterocycles. The molecule has 27 heavy (non-hydrogen) atoms. The van der Waals surface area contributed by atoms with Crippen LogP contribution in [0.2, 0.25) is 0 Å². The van der Waals surface area contributed by atoms with E-state index in [0.717, 1.165) is 25.6 Å². The highest BCUT2D eigenvalue weighted by atomic mass is 127. The summed E-state index contributed by atoms with van der Waals surface area (Å²) in [5.74, 6) is 0. The van der Waals surface area contributed by atoms with Gasteiger partial charge in [-0.3, -0.25) is 0 Å². The Morgan fingerprint density at radius 2 is 1.37 bits per heavy atom. The van der Waals surface area contributed by atoms with Crippen molar-refractivity contribution in [2.45, 2.75) is 4.90 Å². The Bertz CT molecular complexity index is 1210. The predicted molar refractivity (Wildman–Crippen MR) is 115 cm³/mol. The van der Waals surface area contributed by atoms with E-state index in [0.29, 0.717) is 0 Å². The number of aromatic nitrogens is 1. The van der Waals surface area contributed by atoms with Crippen LogP contribution in [0, 0.1) is 3.57 Å². The summed E-state index contributed by atoms with van der Waals surface area (Å²) in [5.41, 5.74) is 1.73. The van der Waals surface area contributed by atoms with E-state index in [2.05, 4.69) is 27.4 Å². The average molecular weight is 487 g/mol. The van der Waals surface area contributed by atoms with Gasteiger partial charge in [0.25, 0.3) is 5.69 Å². The molecule has 6 heteroatoms. The van der Waals surface area contributed by atoms with E-state index in [1.807, 2.05) is 60.8 Å². The first-order valence-electron chi connectivity index (χ1n) is 8.32. The molecule has 0 amide bonds. The van der Waals surface area contributed by atoms with Crippen molar-refractivity contribution < 1.29 is 13.1 Å². The molecular weight excluding hydrogens is 471 g/mol. The van der Waals surface area contributed by atoms with Crippen molar-refractivity contribution in [2.75, 3.05) is 4.83 Å². The second-order valence-electron chi connectivity index (χ2n) is 6.02. The third-order valence-corrected chi connectivity index (χ3v) is 6.66. The molecule has 0 spiro atoms. The highest BCUT2D eigenvalue weighted by Gasteiger charge is 2.26. The zero-order valence-corrected chi connectivity index (χ0v) is 17.2. The molecule has 134 valence electrons. The SMILES string of the molecule is O=S(=O)(N[n+]1cc2ccccc2c(I)c1-c1ccccc1)c1ccccc1. The van der Waals surface area contributed by atoms with Gasteiger partial charge >= 0.3 is 10.0 Å². The van der Waals surface area contributed by atoms with Crippen LogP contribution in [-0.2, 0) is 10.0 Å². The van der Waals surface area contributed by atoms with Gasteiger partial charge in [0, 0.05) is 10.8 Å². The molecule has 0 aliphatic rings. The van der Waals surface area contributed by atoms with Gasteiger partial charge in [0.15, 0.2) is 0 Å². The van der Waals surface area contributed by atoms with Crippen LogP contribution in [0.15, 0.2) is 96.0 Å². The van der Waals surface area contributed by atoms with E-state index in [1.165, 1.54) is 0 Å². The van der Waals surface area contributed by atoms with E-state index in [1.54, 1.807) is 35.0 Å². The van der Waals surface area contributed by atoms with Crippen molar-refractivity contribution in [3.05, 3.63) is 94.7 Å². The van der Waals surface area contributed by atoms with Crippen molar-refractivity contribution in [2.24, 2.45) is 0 Å². The molecule has 4 nitrogen and oxygen atoms in total. The number of halogens is 1. The van der Waals surface area contributed by atoms with Gasteiger partial charge in [-0.2, -0.15) is 8.42 Å². The maximum Gasteiger partial charge on any atom is 0.306 e. The van der Waals surface area contributed by atoms with Gasteiger partial charge < -0.3 is 0 Å². The number of nitrogens with one attached hydrogen (secondary N) is 1. The molecule has 0 saturated heterocycles. The topological polar surface area (TPSA) is 50.1 Å². The molecule has 0 unspecified atom stereocenters. The van der Waals surface area contributed by atoms with E-state index >= 15 is 0 Å². The summed E-state index contributed by atoms with van der Waals surface area (Å²) in [6.45, 7) is 0. The number of sulfonamides is 1. The first-order chi connectivity index (χ1) is 13.1. The van der Waals surface area contributed by atoms with Gasteiger partial charge in [-0.05, 0) is 52.9 Å². The second-order valence-corrected chi connectivity index (χ2v) is 8.76. The van der Waals surface area contributed by atoms with E-state index in [4.69, 9.17) is 0 Å². The van der Waals surface area contributed by atoms with Gasteiger partial charge in [-0.25, -0.2) is 0 Å². The summed E-state index contributed by atoms with van der Waals surface area (Å²) >= 11 is 2.28. The molecule has 0 saturated carbocycles. The Balaban J connectivity index is 1.94. The highest BCUT2D eigenvalue weighted by Crippen LogP contribution is 2.28. The van der Waals surface area contributed by atoms with Gasteiger partial charge in [-0.15, -0.1) is 0 Å². The fourth-order valence-corrected chi connectivity index (χ4v) is 5.05. The molecule has 3 aromatic carbocycles. The maximum atomic E-state index is 12.9. The first-order valence-corrected chi connectivity index (χ1v) is 10.9. The molecular formula is C21H16IN2O2S+. The molecule has 1 heterocycles. The Morgan fingerprint density at radius 1 is 0.778 bits per heavy atom. The van der Waals surface area contributed by atoms with Crippen LogP contribution in [0.4, 0.5) is 0 Å². The van der Waals surface area contributed by atoms with Crippen LogP contribution in [0.5, 0.6) is 0 Å². The van der Waals surface area contributed by atoms with E-state index < -0.39 is 10.0 Å². The summed E-state index contributed by atoms with van der Waals surface area (Å²) in [6, 6.07) is 26.1. The van der Waals surface area contributed by atoms with Gasteiger partial charge in [0.05, 0.1) is 14.0 Å². The summed E-state index contributed by atoms with van der Waals surface area (Å²) in [7, 11) is -3.72. The number of fused-ring (bicyclic) bond motifs is 1. The summed E-state index contributed by atoms with van der Waals surface area (Å²) in [5, 5.41) is 2.03. The number of rotatable bonds is 4. The minimum atomic E-state index is -3.72. The Morgan fingerprint density at radius 3 is 2.07 bits per heavy atom. The molecule has 0 radical (unpaired) electrons. The summed E-state index contributed by atoms with van der Waals surface area (Å²) in [4.78, 5) is 2.94. The smallest absolute Gasteiger partial charge is 0.197 e. The lowest BCUT2D eigenvalue weighted by molar-refractivity contribution is -0.624. The van der Waals surface area contributed by atoms with Crippen molar-refractivity contribution >= 4 is 43.4 Å². The van der Waals surface area contributed by atoms with Crippen molar-refractivity contribution in [1.29, 1.82) is 0 Å². The Hall–Kier alpha value is -2.45. The third kappa shape index (κ3) is 3.54. The Labute approximate surface area is 171 Å². The minimum absolute atomic E-state index is 0.222. The lowest BCUT2D eigenvalue weighted by atomic mass is 10.1. The molecule has 0 atom stereocenters. The van der Waals surface area contributed by atoms with Gasteiger partial charge in [0.1, 0.15) is 0 Å². The summed E-state index contributed by atoms with van der Waals surface area (Å²) in [6.07, 6.45) is 1.82. The number of hydrogen-bond acceptors (Lipinski definition) is 2. The standard InChI is InChI=1S/C21H16IN2O2S/c22-20-19-14-8-7-11-17(19)15-24(21(20)16-9-3-1-4-10-16)23-27(25,26)18-12-5-2-6-13-18/h1-15,23H/q+1. The average Bonchev–Trinajstić information content (AvgIpc) is 2.69. The van der Waals surface area contributed by atoms with Crippen LogP contribution in [0.1, 0.15) is 0 Å². The summed E-state index contributed by atoms with van der Waals surface area (Å²) < 4.78 is 28.4. The van der Waals surface area contributed by atoms with Crippen LogP contribution in [0.25, 0.3) is 22.0 Å². The molecule has 0 aliphatic heterocycles. The van der Waals surface area contributed by atoms with Crippen molar-refractivity contribution in [3.8, 4) is 11.3 Å². The van der Waals surface area contributed by atoms with Crippen molar-refractivity contribution in [3.63, 3.8) is 0 Å². The predicted octanol–water partition coefficient (Wildman–Crippen LogP) is 4.33. The molecule has 4 aromatic rings. The lowest BCUT2D eigenvalue weighted by Gasteiger charge is -2.10. The largest absolute Gasteiger partial charge is 0.306 e. The number of pyridine rings is 1. The highest BCUT2D eigenvalue weighted by molar-refractivity contribution is 14.1. The Kier molecular flexibility index (Phi) is 4.84. The van der Waals surface area contributed by atoms with E-state index in [9.17, 15) is 8.42 Å². The second kappa shape index (κ2) is 7.28. The fourth-order valence-electron chi connectivity index (χ4n) is 2.96. The molecule has 0 fully saturated rings. The van der Waals surface area contributed by atoms with Gasteiger partial charge in [-0.1, -0.05) is 64.1 Å². The maximum absolute atomic E-state index is 12.9. The van der Waals surface area contributed by atoms with Crippen LogP contribution in [-0.4, -0.2) is 8.42 Å². The molecule has 4 rings (SSSR count). The number of hydrogen-bond donors (Lipinski definition) is 1. The molecule has 0 bridgehead atoms. The first kappa shape index (κ1) is 17.9. The fraction of sp³-hybridized carbons (Fsp3) is 0. The normalized spacial score (nSPS) is 11.4. The van der Waals surface area contributed by atoms with Crippen molar-refractivity contribution in [1.82, 2.24) is 0 Å². The number of benzene rings is 3. The van der Waals surface area contributed by atoms with Crippen LogP contribution < -0.4 is 9.51 Å².